The van der Waals surface area contributed by atoms with E-state index < -0.39 is 0 Å². The number of fused-ring (bicyclic) bond motifs is 1. The van der Waals surface area contributed by atoms with Crippen LogP contribution in [0.2, 0.25) is 0 Å². The summed E-state index contributed by atoms with van der Waals surface area (Å²) in [4.78, 5) is 0. The van der Waals surface area contributed by atoms with E-state index >= 15 is 0 Å². The molecule has 0 aliphatic carbocycles. The molecule has 0 saturated heterocycles. The summed E-state index contributed by atoms with van der Waals surface area (Å²) in [6.45, 7) is 2.00. The Labute approximate surface area is 126 Å². The number of furan rings is 1. The number of hydrogen-bond acceptors (Lipinski definition) is 2. The van der Waals surface area contributed by atoms with Crippen LogP contribution < -0.4 is 5.32 Å². The Hall–Kier alpha value is -1.58. The van der Waals surface area contributed by atoms with Crippen LogP contribution in [0.5, 0.6) is 0 Å². The van der Waals surface area contributed by atoms with Gasteiger partial charge in [0.15, 0.2) is 0 Å². The van der Waals surface area contributed by atoms with E-state index in [1.165, 1.54) is 21.9 Å². The quantitative estimate of drug-likeness (QED) is 0.745. The zero-order chi connectivity index (χ0) is 14.1. The first-order valence-corrected chi connectivity index (χ1v) is 7.40. The zero-order valence-electron chi connectivity index (χ0n) is 11.5. The van der Waals surface area contributed by atoms with E-state index in [0.717, 1.165) is 10.2 Å². The van der Waals surface area contributed by atoms with E-state index in [0.29, 0.717) is 0 Å². The standard InChI is InChI=1S/C17H16BrNO/c1-11-12(9-10-20-11)17(19-2)15-7-8-16(18)14-6-4-3-5-13(14)15/h3-10,17,19H,1-2H3. The first-order chi connectivity index (χ1) is 9.72. The van der Waals surface area contributed by atoms with Crippen LogP contribution in [0.1, 0.15) is 22.9 Å². The molecule has 0 bridgehead atoms. The molecule has 0 fully saturated rings. The molecule has 20 heavy (non-hydrogen) atoms. The molecule has 2 nitrogen and oxygen atoms in total. The molecule has 1 unspecified atom stereocenters. The van der Waals surface area contributed by atoms with Crippen LogP contribution in [0.4, 0.5) is 0 Å². The summed E-state index contributed by atoms with van der Waals surface area (Å²) in [6.07, 6.45) is 1.75. The van der Waals surface area contributed by atoms with E-state index in [2.05, 4.69) is 57.6 Å². The minimum Gasteiger partial charge on any atom is -0.469 e. The van der Waals surface area contributed by atoms with Gasteiger partial charge >= 0.3 is 0 Å². The molecule has 0 aliphatic heterocycles. The van der Waals surface area contributed by atoms with E-state index in [9.17, 15) is 0 Å². The normalized spacial score (nSPS) is 12.8. The van der Waals surface area contributed by atoms with Crippen LogP contribution in [0.3, 0.4) is 0 Å². The van der Waals surface area contributed by atoms with Gasteiger partial charge in [-0.3, -0.25) is 0 Å². The maximum Gasteiger partial charge on any atom is 0.105 e. The van der Waals surface area contributed by atoms with E-state index in [4.69, 9.17) is 4.42 Å². The van der Waals surface area contributed by atoms with Crippen molar-refractivity contribution in [3.63, 3.8) is 0 Å². The molecule has 0 amide bonds. The molecule has 1 heterocycles. The first-order valence-electron chi connectivity index (χ1n) is 6.60. The van der Waals surface area contributed by atoms with Crippen molar-refractivity contribution < 1.29 is 4.42 Å². The lowest BCUT2D eigenvalue weighted by Gasteiger charge is -2.19. The molecule has 0 spiro atoms. The number of halogens is 1. The number of benzene rings is 2. The van der Waals surface area contributed by atoms with E-state index in [-0.39, 0.29) is 6.04 Å². The monoisotopic (exact) mass is 329 g/mol. The third-order valence-corrected chi connectivity index (χ3v) is 4.41. The lowest BCUT2D eigenvalue weighted by Crippen LogP contribution is -2.18. The highest BCUT2D eigenvalue weighted by atomic mass is 79.9. The number of rotatable bonds is 3. The predicted octanol–water partition coefficient (Wildman–Crippen LogP) is 4.81. The lowest BCUT2D eigenvalue weighted by molar-refractivity contribution is 0.523. The fourth-order valence-electron chi connectivity index (χ4n) is 2.71. The maximum atomic E-state index is 5.46. The van der Waals surface area contributed by atoms with Gasteiger partial charge in [-0.25, -0.2) is 0 Å². The Bertz CT molecular complexity index is 748. The third kappa shape index (κ3) is 2.17. The summed E-state index contributed by atoms with van der Waals surface area (Å²) < 4.78 is 6.58. The second-order valence-corrected chi connectivity index (χ2v) is 5.69. The Morgan fingerprint density at radius 2 is 1.75 bits per heavy atom. The largest absolute Gasteiger partial charge is 0.469 e. The fourth-order valence-corrected chi connectivity index (χ4v) is 3.19. The Morgan fingerprint density at radius 3 is 2.40 bits per heavy atom. The van der Waals surface area contributed by atoms with Crippen molar-refractivity contribution in [3.8, 4) is 0 Å². The van der Waals surface area contributed by atoms with Crippen molar-refractivity contribution in [1.29, 1.82) is 0 Å². The molecule has 0 radical (unpaired) electrons. The van der Waals surface area contributed by atoms with E-state index in [1.807, 2.05) is 20.0 Å². The average Bonchev–Trinajstić information content (AvgIpc) is 2.89. The minimum atomic E-state index is 0.131. The topological polar surface area (TPSA) is 25.2 Å². The Morgan fingerprint density at radius 1 is 1.00 bits per heavy atom. The molecule has 1 aromatic heterocycles. The van der Waals surface area contributed by atoms with Gasteiger partial charge in [0.2, 0.25) is 0 Å². The molecule has 3 heteroatoms. The van der Waals surface area contributed by atoms with Crippen molar-refractivity contribution in [2.45, 2.75) is 13.0 Å². The van der Waals surface area contributed by atoms with E-state index in [1.54, 1.807) is 6.26 Å². The third-order valence-electron chi connectivity index (χ3n) is 3.71. The average molecular weight is 330 g/mol. The van der Waals surface area contributed by atoms with Gasteiger partial charge in [-0.05, 0) is 42.4 Å². The van der Waals surface area contributed by atoms with Gasteiger partial charge in [0.05, 0.1) is 12.3 Å². The van der Waals surface area contributed by atoms with Gasteiger partial charge in [0.25, 0.3) is 0 Å². The summed E-state index contributed by atoms with van der Waals surface area (Å²) in [7, 11) is 1.98. The number of nitrogens with one attached hydrogen (secondary N) is 1. The van der Waals surface area contributed by atoms with Crippen LogP contribution in [0.25, 0.3) is 10.8 Å². The number of hydrogen-bond donors (Lipinski definition) is 1. The van der Waals surface area contributed by atoms with Crippen LogP contribution in [-0.2, 0) is 0 Å². The molecule has 102 valence electrons. The highest BCUT2D eigenvalue weighted by Gasteiger charge is 2.18. The van der Waals surface area contributed by atoms with Gasteiger partial charge in [-0.2, -0.15) is 0 Å². The highest BCUT2D eigenvalue weighted by molar-refractivity contribution is 9.10. The Kier molecular flexibility index (Phi) is 3.64. The van der Waals surface area contributed by atoms with Crippen LogP contribution >= 0.6 is 15.9 Å². The summed E-state index contributed by atoms with van der Waals surface area (Å²) in [6, 6.07) is 14.9. The van der Waals surface area contributed by atoms with Crippen LogP contribution in [-0.4, -0.2) is 7.05 Å². The molecule has 0 saturated carbocycles. The summed E-state index contributed by atoms with van der Waals surface area (Å²) in [5.74, 6) is 0.955. The molecule has 2 aromatic carbocycles. The highest BCUT2D eigenvalue weighted by Crippen LogP contribution is 2.34. The molecular formula is C17H16BrNO. The summed E-state index contributed by atoms with van der Waals surface area (Å²) in [5.41, 5.74) is 2.44. The first kappa shape index (κ1) is 13.4. The van der Waals surface area contributed by atoms with Crippen LogP contribution in [0, 0.1) is 6.92 Å². The van der Waals surface area contributed by atoms with Gasteiger partial charge in [0, 0.05) is 10.0 Å². The summed E-state index contributed by atoms with van der Waals surface area (Å²) >= 11 is 3.63. The molecule has 3 rings (SSSR count). The number of aryl methyl sites for hydroxylation is 1. The van der Waals surface area contributed by atoms with Crippen molar-refractivity contribution in [2.75, 3.05) is 7.05 Å². The van der Waals surface area contributed by atoms with Crippen LogP contribution in [0.15, 0.2) is 57.6 Å². The van der Waals surface area contributed by atoms with Crippen molar-refractivity contribution in [1.82, 2.24) is 5.32 Å². The fraction of sp³-hybridized carbons (Fsp3) is 0.176. The molecular weight excluding hydrogens is 314 g/mol. The SMILES string of the molecule is CNC(c1ccoc1C)c1ccc(Br)c2ccccc12. The molecule has 3 aromatic rings. The second kappa shape index (κ2) is 5.43. The van der Waals surface area contributed by atoms with Gasteiger partial charge < -0.3 is 9.73 Å². The van der Waals surface area contributed by atoms with Gasteiger partial charge in [-0.1, -0.05) is 46.3 Å². The van der Waals surface area contributed by atoms with Gasteiger partial charge in [0.1, 0.15) is 5.76 Å². The Balaban J connectivity index is 2.23. The van der Waals surface area contributed by atoms with Crippen molar-refractivity contribution >= 4 is 26.7 Å². The lowest BCUT2D eigenvalue weighted by atomic mass is 9.94. The van der Waals surface area contributed by atoms with Gasteiger partial charge in [-0.15, -0.1) is 0 Å². The van der Waals surface area contributed by atoms with Crippen molar-refractivity contribution in [2.24, 2.45) is 0 Å². The second-order valence-electron chi connectivity index (χ2n) is 4.84. The molecule has 1 atom stereocenters. The summed E-state index contributed by atoms with van der Waals surface area (Å²) in [5, 5.41) is 5.88. The zero-order valence-corrected chi connectivity index (χ0v) is 13.1. The van der Waals surface area contributed by atoms with Crippen molar-refractivity contribution in [3.05, 3.63) is 70.1 Å². The molecule has 0 aliphatic rings. The predicted molar refractivity (Wildman–Crippen MR) is 86.0 cm³/mol. The molecule has 1 N–H and O–H groups in total. The maximum absolute atomic E-state index is 5.46. The minimum absolute atomic E-state index is 0.131. The smallest absolute Gasteiger partial charge is 0.105 e.